The predicted octanol–water partition coefficient (Wildman–Crippen LogP) is 3.72. The molecular weight excluding hydrogens is 338 g/mol. The van der Waals surface area contributed by atoms with E-state index in [1.54, 1.807) is 36.0 Å². The van der Waals surface area contributed by atoms with E-state index >= 15 is 0 Å². The number of esters is 1. The van der Waals surface area contributed by atoms with Crippen LogP contribution < -0.4 is 10.9 Å². The molecule has 0 saturated carbocycles. The van der Waals surface area contributed by atoms with E-state index in [9.17, 15) is 9.59 Å². The van der Waals surface area contributed by atoms with E-state index in [2.05, 4.69) is 29.1 Å². The third-order valence-electron chi connectivity index (χ3n) is 3.16. The summed E-state index contributed by atoms with van der Waals surface area (Å²) in [7, 11) is 0. The lowest BCUT2D eigenvalue weighted by Gasteiger charge is -2.09. The van der Waals surface area contributed by atoms with Crippen LogP contribution in [-0.2, 0) is 10.5 Å². The van der Waals surface area contributed by atoms with Gasteiger partial charge in [-0.2, -0.15) is 11.8 Å². The van der Waals surface area contributed by atoms with Crippen LogP contribution in [0.4, 0.5) is 11.6 Å². The molecule has 0 atom stereocenters. The number of nitrogens with one attached hydrogen (secondary N) is 2. The minimum Gasteiger partial charge on any atom is -0.462 e. The number of benzene rings is 1. The smallest absolute Gasteiger partial charge is 0.338 e. The van der Waals surface area contributed by atoms with Crippen molar-refractivity contribution in [1.82, 2.24) is 9.97 Å². The van der Waals surface area contributed by atoms with E-state index < -0.39 is 0 Å². The van der Waals surface area contributed by atoms with Gasteiger partial charge in [-0.3, -0.25) is 9.78 Å². The van der Waals surface area contributed by atoms with Crippen molar-refractivity contribution in [2.75, 3.05) is 11.9 Å². The highest BCUT2D eigenvalue weighted by atomic mass is 32.2. The Kier molecular flexibility index (Phi) is 7.06. The zero-order chi connectivity index (χ0) is 18.2. The SMILES string of the molecule is CCCOC(=O)c1cccc(Nc2nc(CSC(C)C)cc(=O)[nH]2)c1. The van der Waals surface area contributed by atoms with Gasteiger partial charge < -0.3 is 10.1 Å². The van der Waals surface area contributed by atoms with Gasteiger partial charge in [-0.05, 0) is 29.9 Å². The summed E-state index contributed by atoms with van der Waals surface area (Å²) in [5.41, 5.74) is 1.61. The zero-order valence-corrected chi connectivity index (χ0v) is 15.5. The van der Waals surface area contributed by atoms with Crippen LogP contribution in [0.5, 0.6) is 0 Å². The molecule has 1 aromatic heterocycles. The number of hydrogen-bond acceptors (Lipinski definition) is 6. The monoisotopic (exact) mass is 361 g/mol. The van der Waals surface area contributed by atoms with Crippen LogP contribution in [0.15, 0.2) is 35.1 Å². The van der Waals surface area contributed by atoms with Crippen molar-refractivity contribution in [3.05, 3.63) is 51.9 Å². The Labute approximate surface area is 151 Å². The highest BCUT2D eigenvalue weighted by Gasteiger charge is 2.09. The lowest BCUT2D eigenvalue weighted by molar-refractivity contribution is 0.0505. The number of nitrogens with zero attached hydrogens (tertiary/aromatic N) is 1. The number of aromatic nitrogens is 2. The summed E-state index contributed by atoms with van der Waals surface area (Å²) in [6.45, 7) is 6.53. The second-order valence-corrected chi connectivity index (χ2v) is 7.35. The minimum absolute atomic E-state index is 0.213. The first-order valence-electron chi connectivity index (χ1n) is 8.24. The summed E-state index contributed by atoms with van der Waals surface area (Å²) in [6.07, 6.45) is 0.774. The van der Waals surface area contributed by atoms with Crippen LogP contribution >= 0.6 is 11.8 Å². The minimum atomic E-state index is -0.367. The highest BCUT2D eigenvalue weighted by Crippen LogP contribution is 2.18. The van der Waals surface area contributed by atoms with Crippen molar-refractivity contribution in [3.63, 3.8) is 0 Å². The van der Waals surface area contributed by atoms with Crippen LogP contribution in [0.25, 0.3) is 0 Å². The fourth-order valence-electron chi connectivity index (χ4n) is 2.03. The quantitative estimate of drug-likeness (QED) is 0.697. The number of hydrogen-bond donors (Lipinski definition) is 2. The van der Waals surface area contributed by atoms with Crippen molar-refractivity contribution in [1.29, 1.82) is 0 Å². The van der Waals surface area contributed by atoms with Gasteiger partial charge >= 0.3 is 5.97 Å². The van der Waals surface area contributed by atoms with Gasteiger partial charge in [0.2, 0.25) is 5.95 Å². The average Bonchev–Trinajstić information content (AvgIpc) is 2.57. The fourth-order valence-corrected chi connectivity index (χ4v) is 2.68. The Hall–Kier alpha value is -2.28. The summed E-state index contributed by atoms with van der Waals surface area (Å²) < 4.78 is 5.13. The molecule has 134 valence electrons. The van der Waals surface area contributed by atoms with Gasteiger partial charge in [0, 0.05) is 17.5 Å². The number of H-pyrrole nitrogens is 1. The Balaban J connectivity index is 2.13. The van der Waals surface area contributed by atoms with E-state index in [4.69, 9.17) is 4.74 Å². The number of aromatic amines is 1. The Morgan fingerprint density at radius 1 is 1.36 bits per heavy atom. The standard InChI is InChI=1S/C18H23N3O3S/c1-4-8-24-17(23)13-6-5-7-14(9-13)19-18-20-15(10-16(22)21-18)11-25-12(2)3/h5-7,9-10,12H,4,8,11H2,1-3H3,(H2,19,20,21,22). The number of ether oxygens (including phenoxy) is 1. The largest absolute Gasteiger partial charge is 0.462 e. The fraction of sp³-hybridized carbons (Fsp3) is 0.389. The van der Waals surface area contributed by atoms with Crippen molar-refractivity contribution < 1.29 is 9.53 Å². The number of thioether (sulfide) groups is 1. The topological polar surface area (TPSA) is 84.1 Å². The summed E-state index contributed by atoms with van der Waals surface area (Å²) in [6, 6.07) is 8.41. The molecule has 0 spiro atoms. The van der Waals surface area contributed by atoms with Gasteiger partial charge in [0.25, 0.3) is 5.56 Å². The summed E-state index contributed by atoms with van der Waals surface area (Å²) in [5, 5.41) is 3.50. The second-order valence-electron chi connectivity index (χ2n) is 5.79. The molecule has 0 aliphatic heterocycles. The molecule has 0 aliphatic carbocycles. The van der Waals surface area contributed by atoms with Gasteiger partial charge in [-0.15, -0.1) is 0 Å². The van der Waals surface area contributed by atoms with E-state index in [1.165, 1.54) is 6.07 Å². The van der Waals surface area contributed by atoms with Crippen LogP contribution in [-0.4, -0.2) is 27.8 Å². The third-order valence-corrected chi connectivity index (χ3v) is 4.29. The van der Waals surface area contributed by atoms with Gasteiger partial charge in [-0.1, -0.05) is 26.8 Å². The molecule has 25 heavy (non-hydrogen) atoms. The van der Waals surface area contributed by atoms with E-state index in [1.807, 2.05) is 6.92 Å². The van der Waals surface area contributed by atoms with Crippen LogP contribution in [0.1, 0.15) is 43.2 Å². The molecular formula is C18H23N3O3S. The predicted molar refractivity (Wildman–Crippen MR) is 102 cm³/mol. The normalized spacial score (nSPS) is 10.7. The van der Waals surface area contributed by atoms with E-state index in [0.29, 0.717) is 40.5 Å². The number of carbonyl (C=O) groups is 1. The van der Waals surface area contributed by atoms with Gasteiger partial charge in [0.1, 0.15) is 0 Å². The molecule has 0 saturated heterocycles. The average molecular weight is 361 g/mol. The first kappa shape index (κ1) is 19.1. The van der Waals surface area contributed by atoms with Crippen molar-refractivity contribution in [3.8, 4) is 0 Å². The van der Waals surface area contributed by atoms with Crippen molar-refractivity contribution in [2.45, 2.75) is 38.2 Å². The summed E-state index contributed by atoms with van der Waals surface area (Å²) in [5.74, 6) is 0.652. The molecule has 0 fully saturated rings. The molecule has 0 radical (unpaired) electrons. The summed E-state index contributed by atoms with van der Waals surface area (Å²) >= 11 is 1.72. The molecule has 6 nitrogen and oxygen atoms in total. The van der Waals surface area contributed by atoms with Gasteiger partial charge in [0.15, 0.2) is 0 Å². The highest BCUT2D eigenvalue weighted by molar-refractivity contribution is 7.99. The number of rotatable bonds is 8. The first-order chi connectivity index (χ1) is 12.0. The molecule has 0 bridgehead atoms. The van der Waals surface area contributed by atoms with Crippen LogP contribution in [0, 0.1) is 0 Å². The molecule has 0 amide bonds. The first-order valence-corrected chi connectivity index (χ1v) is 9.29. The van der Waals surface area contributed by atoms with Crippen molar-refractivity contribution in [2.24, 2.45) is 0 Å². The van der Waals surface area contributed by atoms with E-state index in [-0.39, 0.29) is 11.5 Å². The molecule has 1 aromatic carbocycles. The number of carbonyl (C=O) groups excluding carboxylic acids is 1. The second kappa shape index (κ2) is 9.27. The molecule has 2 aromatic rings. The third kappa shape index (κ3) is 6.26. The maximum atomic E-state index is 11.9. The molecule has 1 heterocycles. The molecule has 0 unspecified atom stereocenters. The zero-order valence-electron chi connectivity index (χ0n) is 14.7. The maximum absolute atomic E-state index is 11.9. The van der Waals surface area contributed by atoms with Gasteiger partial charge in [0.05, 0.1) is 17.9 Å². The lowest BCUT2D eigenvalue weighted by Crippen LogP contribution is -2.12. The Morgan fingerprint density at radius 3 is 2.88 bits per heavy atom. The Bertz CT molecular complexity index is 774. The summed E-state index contributed by atoms with van der Waals surface area (Å²) in [4.78, 5) is 30.8. The van der Waals surface area contributed by atoms with E-state index in [0.717, 1.165) is 6.42 Å². The molecule has 2 rings (SSSR count). The van der Waals surface area contributed by atoms with Crippen LogP contribution in [0.2, 0.25) is 0 Å². The van der Waals surface area contributed by atoms with Gasteiger partial charge in [-0.25, -0.2) is 9.78 Å². The van der Waals surface area contributed by atoms with Crippen LogP contribution in [0.3, 0.4) is 0 Å². The maximum Gasteiger partial charge on any atom is 0.338 e. The number of anilines is 2. The van der Waals surface area contributed by atoms with Crippen molar-refractivity contribution >= 4 is 29.4 Å². The lowest BCUT2D eigenvalue weighted by atomic mass is 10.2. The molecule has 2 N–H and O–H groups in total. The Morgan fingerprint density at radius 2 is 2.16 bits per heavy atom. The molecule has 7 heteroatoms. The molecule has 0 aliphatic rings.